The lowest BCUT2D eigenvalue weighted by molar-refractivity contribution is -0.140. The van der Waals surface area contributed by atoms with Gasteiger partial charge >= 0.3 is 11.9 Å². The Morgan fingerprint density at radius 1 is 1.14 bits per heavy atom. The second-order valence-corrected chi connectivity index (χ2v) is 7.02. The summed E-state index contributed by atoms with van der Waals surface area (Å²) in [5, 5.41) is 3.82. The first kappa shape index (κ1) is 22.8. The van der Waals surface area contributed by atoms with Gasteiger partial charge in [0.15, 0.2) is 5.11 Å². The van der Waals surface area contributed by atoms with Crippen LogP contribution >= 0.6 is 12.2 Å². The van der Waals surface area contributed by atoms with Gasteiger partial charge in [0.2, 0.25) is 0 Å². The lowest BCUT2D eigenvalue weighted by atomic mass is 9.94. The highest BCUT2D eigenvalue weighted by Gasteiger charge is 2.34. The van der Waals surface area contributed by atoms with Gasteiger partial charge in [-0.2, -0.15) is 0 Å². The van der Waals surface area contributed by atoms with Crippen molar-refractivity contribution in [1.82, 2.24) is 10.2 Å². The number of nitrogens with zero attached hydrogens (tertiary/aromatic N) is 1. The zero-order valence-corrected chi connectivity index (χ0v) is 18.1. The minimum atomic E-state index is -0.470. The lowest BCUT2D eigenvalue weighted by Crippen LogP contribution is -2.48. The van der Waals surface area contributed by atoms with E-state index in [1.807, 2.05) is 11.8 Å². The second kappa shape index (κ2) is 10.9. The van der Waals surface area contributed by atoms with Gasteiger partial charge in [-0.25, -0.2) is 9.59 Å². The quantitative estimate of drug-likeness (QED) is 0.371. The van der Waals surface area contributed by atoms with Gasteiger partial charge < -0.3 is 24.4 Å². The number of unbranched alkanes of at least 4 members (excludes halogenated alkanes) is 1. The molecule has 0 fully saturated rings. The number of hydrogen-bond donors (Lipinski definition) is 1. The van der Waals surface area contributed by atoms with E-state index in [2.05, 4.69) is 12.2 Å². The van der Waals surface area contributed by atoms with Crippen molar-refractivity contribution in [2.24, 2.45) is 0 Å². The zero-order valence-electron chi connectivity index (χ0n) is 17.3. The maximum Gasteiger partial charge on any atom is 0.338 e. The molecule has 8 heteroatoms. The van der Waals surface area contributed by atoms with Crippen LogP contribution in [0.3, 0.4) is 0 Å². The Morgan fingerprint density at radius 3 is 2.41 bits per heavy atom. The molecule has 0 aliphatic carbocycles. The smallest absolute Gasteiger partial charge is 0.338 e. The van der Waals surface area contributed by atoms with Crippen molar-refractivity contribution < 1.29 is 23.8 Å². The van der Waals surface area contributed by atoms with Gasteiger partial charge in [-0.05, 0) is 43.3 Å². The van der Waals surface area contributed by atoms with Crippen LogP contribution < -0.4 is 5.32 Å². The van der Waals surface area contributed by atoms with Crippen LogP contribution in [0.1, 0.15) is 48.7 Å². The predicted molar refractivity (Wildman–Crippen MR) is 113 cm³/mol. The number of ether oxygens (including phenoxy) is 3. The molecule has 29 heavy (non-hydrogen) atoms. The molecule has 7 nitrogen and oxygen atoms in total. The van der Waals surface area contributed by atoms with Gasteiger partial charge in [-0.1, -0.05) is 25.5 Å². The summed E-state index contributed by atoms with van der Waals surface area (Å²) in [6.07, 6.45) is 1.96. The molecule has 1 aliphatic heterocycles. The number of hydrogen-bond acceptors (Lipinski definition) is 6. The van der Waals surface area contributed by atoms with Crippen LogP contribution in [0.2, 0.25) is 0 Å². The maximum atomic E-state index is 12.9. The largest absolute Gasteiger partial charge is 0.465 e. The molecule has 1 aromatic carbocycles. The van der Waals surface area contributed by atoms with Crippen molar-refractivity contribution in [3.05, 3.63) is 46.7 Å². The topological polar surface area (TPSA) is 77.1 Å². The molecule has 1 heterocycles. The first-order chi connectivity index (χ1) is 13.9. The van der Waals surface area contributed by atoms with E-state index < -0.39 is 18.0 Å². The SMILES string of the molecule is CCCCN1C(=S)N[C@@H](c2ccc(C(=O)OC)cc2)C(C(=O)OCCOC)=C1C. The third kappa shape index (κ3) is 5.55. The molecular formula is C21H28N2O5S. The average molecular weight is 421 g/mol. The number of carbonyl (C=O) groups is 2. The van der Waals surface area contributed by atoms with Crippen LogP contribution in [0, 0.1) is 0 Å². The summed E-state index contributed by atoms with van der Waals surface area (Å²) >= 11 is 5.56. The zero-order chi connectivity index (χ0) is 21.4. The molecular weight excluding hydrogens is 392 g/mol. The summed E-state index contributed by atoms with van der Waals surface area (Å²) in [7, 11) is 2.89. The van der Waals surface area contributed by atoms with E-state index in [-0.39, 0.29) is 6.61 Å². The van der Waals surface area contributed by atoms with Crippen molar-refractivity contribution in [3.63, 3.8) is 0 Å². The summed E-state index contributed by atoms with van der Waals surface area (Å²) in [6, 6.07) is 6.42. The number of thiocarbonyl (C=S) groups is 1. The Hall–Kier alpha value is -2.45. The van der Waals surface area contributed by atoms with Crippen molar-refractivity contribution in [2.75, 3.05) is 34.0 Å². The van der Waals surface area contributed by atoms with Crippen LogP contribution in [0.15, 0.2) is 35.5 Å². The summed E-state index contributed by atoms with van der Waals surface area (Å²) in [6.45, 7) is 5.19. The van der Waals surface area contributed by atoms with Gasteiger partial charge in [-0.15, -0.1) is 0 Å². The molecule has 1 aliphatic rings. The molecule has 0 spiro atoms. The van der Waals surface area contributed by atoms with E-state index in [1.165, 1.54) is 7.11 Å². The highest BCUT2D eigenvalue weighted by molar-refractivity contribution is 7.80. The minimum Gasteiger partial charge on any atom is -0.465 e. The fraction of sp³-hybridized carbons (Fsp3) is 0.476. The van der Waals surface area contributed by atoms with Gasteiger partial charge in [0.05, 0.1) is 30.9 Å². The van der Waals surface area contributed by atoms with E-state index in [1.54, 1.807) is 31.4 Å². The fourth-order valence-corrected chi connectivity index (χ4v) is 3.45. The molecule has 0 radical (unpaired) electrons. The van der Waals surface area contributed by atoms with Crippen LogP contribution in [0.5, 0.6) is 0 Å². The van der Waals surface area contributed by atoms with Crippen LogP contribution in [0.25, 0.3) is 0 Å². The Balaban J connectivity index is 2.39. The highest BCUT2D eigenvalue weighted by Crippen LogP contribution is 2.31. The summed E-state index contributed by atoms with van der Waals surface area (Å²) in [4.78, 5) is 26.5. The third-order valence-electron chi connectivity index (χ3n) is 4.74. The summed E-state index contributed by atoms with van der Waals surface area (Å²) < 4.78 is 15.1. The first-order valence-electron chi connectivity index (χ1n) is 9.57. The monoisotopic (exact) mass is 420 g/mol. The van der Waals surface area contributed by atoms with E-state index in [9.17, 15) is 9.59 Å². The van der Waals surface area contributed by atoms with E-state index in [0.29, 0.717) is 22.9 Å². The van der Waals surface area contributed by atoms with E-state index >= 15 is 0 Å². The normalized spacial score (nSPS) is 16.5. The summed E-state index contributed by atoms with van der Waals surface area (Å²) in [5.74, 6) is -0.835. The van der Waals surface area contributed by atoms with Crippen molar-refractivity contribution >= 4 is 29.3 Å². The average Bonchev–Trinajstić information content (AvgIpc) is 2.72. The van der Waals surface area contributed by atoms with Crippen molar-refractivity contribution in [1.29, 1.82) is 0 Å². The number of esters is 2. The molecule has 0 aromatic heterocycles. The molecule has 1 N–H and O–H groups in total. The minimum absolute atomic E-state index is 0.166. The number of benzene rings is 1. The van der Waals surface area contributed by atoms with Crippen LogP contribution in [-0.4, -0.2) is 55.9 Å². The molecule has 0 amide bonds. The Kier molecular flexibility index (Phi) is 8.60. The molecule has 0 saturated carbocycles. The molecule has 2 rings (SSSR count). The van der Waals surface area contributed by atoms with E-state index in [0.717, 1.165) is 30.6 Å². The molecule has 1 aromatic rings. The van der Waals surface area contributed by atoms with Crippen molar-refractivity contribution in [2.45, 2.75) is 32.7 Å². The number of carbonyl (C=O) groups excluding carboxylic acids is 2. The predicted octanol–water partition coefficient (Wildman–Crippen LogP) is 2.97. The standard InChI is InChI=1S/C21H28N2O5S/c1-5-6-11-23-14(2)17(20(25)28-13-12-26-3)18(22-21(23)29)15-7-9-16(10-8-15)19(24)27-4/h7-10,18H,5-6,11-13H2,1-4H3,(H,22,29)/t18-/m0/s1. The first-order valence-corrected chi connectivity index (χ1v) is 9.98. The number of methoxy groups -OCH3 is 2. The van der Waals surface area contributed by atoms with Crippen molar-refractivity contribution in [3.8, 4) is 0 Å². The van der Waals surface area contributed by atoms with E-state index in [4.69, 9.17) is 26.4 Å². The van der Waals surface area contributed by atoms with Crippen LogP contribution in [-0.2, 0) is 19.0 Å². The lowest BCUT2D eigenvalue weighted by Gasteiger charge is -2.37. The second-order valence-electron chi connectivity index (χ2n) is 6.63. The maximum absolute atomic E-state index is 12.9. The Labute approximate surface area is 177 Å². The molecule has 0 unspecified atom stereocenters. The third-order valence-corrected chi connectivity index (χ3v) is 5.08. The Bertz CT molecular complexity index is 776. The number of rotatable bonds is 9. The molecule has 0 bridgehead atoms. The molecule has 0 saturated heterocycles. The van der Waals surface area contributed by atoms with Gasteiger partial charge in [-0.3, -0.25) is 0 Å². The number of allylic oxidation sites excluding steroid dienone is 1. The van der Waals surface area contributed by atoms with Gasteiger partial charge in [0, 0.05) is 19.4 Å². The molecule has 1 atom stereocenters. The number of nitrogens with one attached hydrogen (secondary N) is 1. The summed E-state index contributed by atoms with van der Waals surface area (Å²) in [5.41, 5.74) is 2.50. The fourth-order valence-electron chi connectivity index (χ4n) is 3.11. The highest BCUT2D eigenvalue weighted by atomic mass is 32.1. The van der Waals surface area contributed by atoms with Gasteiger partial charge in [0.1, 0.15) is 6.61 Å². The van der Waals surface area contributed by atoms with Gasteiger partial charge in [0.25, 0.3) is 0 Å². The molecule has 158 valence electrons. The Morgan fingerprint density at radius 2 is 1.83 bits per heavy atom. The van der Waals surface area contributed by atoms with Crippen LogP contribution in [0.4, 0.5) is 0 Å².